The molecule has 0 aliphatic rings. The summed E-state index contributed by atoms with van der Waals surface area (Å²) >= 11 is 0. The molecule has 1 amide bonds. The van der Waals surface area contributed by atoms with Crippen LogP contribution >= 0.6 is 0 Å². The van der Waals surface area contributed by atoms with Gasteiger partial charge in [0.15, 0.2) is 0 Å². The Morgan fingerprint density at radius 3 is 1.88 bits per heavy atom. The van der Waals surface area contributed by atoms with Gasteiger partial charge in [0, 0.05) is 12.5 Å². The minimum Gasteiger partial charge on any atom is -0.431 e. The van der Waals surface area contributed by atoms with Gasteiger partial charge in [0.2, 0.25) is 5.94 Å². The Labute approximate surface area is 203 Å². The molecule has 0 aliphatic carbocycles. The van der Waals surface area contributed by atoms with Crippen molar-refractivity contribution in [2.45, 2.75) is 130 Å². The summed E-state index contributed by atoms with van der Waals surface area (Å²) in [4.78, 5) is 12.1. The van der Waals surface area contributed by atoms with E-state index in [1.165, 1.54) is 70.6 Å². The second-order valence-corrected chi connectivity index (χ2v) is 10.6. The largest absolute Gasteiger partial charge is 0.431 e. The molecule has 0 saturated heterocycles. The van der Waals surface area contributed by atoms with Crippen LogP contribution in [0.1, 0.15) is 124 Å². The SMILES string of the molecule is CCCCCCCCCCCCCCCC(NC(=O)OCS(=O)(=O)OCCC)C(C)CC#N. The lowest BCUT2D eigenvalue weighted by Gasteiger charge is -2.23. The highest BCUT2D eigenvalue weighted by Gasteiger charge is 2.21. The standard InChI is InChI=1S/C25H48N2O5S/c1-4-6-7-8-9-10-11-12-13-14-15-16-17-18-24(23(3)19-20-26)27-25(28)31-22-33(29,30)32-21-5-2/h23-24H,4-19,21-22H2,1-3H3,(H,27,28). The van der Waals surface area contributed by atoms with Gasteiger partial charge in [0.25, 0.3) is 0 Å². The molecule has 0 aromatic rings. The zero-order valence-corrected chi connectivity index (χ0v) is 22.1. The fraction of sp³-hybridized carbons (Fsp3) is 0.920. The molecule has 0 spiro atoms. The summed E-state index contributed by atoms with van der Waals surface area (Å²) in [6.07, 6.45) is 17.4. The van der Waals surface area contributed by atoms with E-state index in [2.05, 4.69) is 18.3 Å². The first-order valence-corrected chi connectivity index (χ1v) is 14.6. The van der Waals surface area contributed by atoms with Crippen molar-refractivity contribution in [3.63, 3.8) is 0 Å². The summed E-state index contributed by atoms with van der Waals surface area (Å²) in [7, 11) is -3.88. The van der Waals surface area contributed by atoms with Gasteiger partial charge in [-0.05, 0) is 18.8 Å². The molecule has 33 heavy (non-hydrogen) atoms. The number of rotatable bonds is 22. The maximum absolute atomic E-state index is 12.1. The number of amides is 1. The van der Waals surface area contributed by atoms with Gasteiger partial charge in [-0.25, -0.2) is 4.79 Å². The Balaban J connectivity index is 4.05. The number of carbonyl (C=O) groups is 1. The fourth-order valence-corrected chi connectivity index (χ4v) is 4.47. The third-order valence-corrected chi connectivity index (χ3v) is 6.76. The molecule has 0 aromatic carbocycles. The Morgan fingerprint density at radius 1 is 0.879 bits per heavy atom. The van der Waals surface area contributed by atoms with Crippen molar-refractivity contribution in [1.82, 2.24) is 5.32 Å². The first-order chi connectivity index (χ1) is 15.9. The molecule has 2 atom stereocenters. The molecule has 7 nitrogen and oxygen atoms in total. The zero-order chi connectivity index (χ0) is 24.8. The summed E-state index contributed by atoms with van der Waals surface area (Å²) in [5.41, 5.74) is 0. The summed E-state index contributed by atoms with van der Waals surface area (Å²) < 4.78 is 32.8. The topological polar surface area (TPSA) is 105 Å². The highest BCUT2D eigenvalue weighted by molar-refractivity contribution is 7.86. The van der Waals surface area contributed by atoms with Crippen molar-refractivity contribution in [3.05, 3.63) is 0 Å². The van der Waals surface area contributed by atoms with Gasteiger partial charge < -0.3 is 10.1 Å². The number of hydrogen-bond donors (Lipinski definition) is 1. The van der Waals surface area contributed by atoms with E-state index < -0.39 is 22.2 Å². The number of hydrogen-bond acceptors (Lipinski definition) is 6. The van der Waals surface area contributed by atoms with Crippen molar-refractivity contribution in [1.29, 1.82) is 5.26 Å². The number of nitriles is 1. The van der Waals surface area contributed by atoms with Crippen molar-refractivity contribution in [2.24, 2.45) is 5.92 Å². The molecular formula is C25H48N2O5S. The Bertz CT molecular complexity index is 619. The quantitative estimate of drug-likeness (QED) is 0.132. The second-order valence-electron chi connectivity index (χ2n) is 9.05. The molecule has 1 N–H and O–H groups in total. The summed E-state index contributed by atoms with van der Waals surface area (Å²) in [6, 6.07) is 1.92. The van der Waals surface area contributed by atoms with Crippen molar-refractivity contribution in [2.75, 3.05) is 12.5 Å². The second kappa shape index (κ2) is 21.2. The molecule has 0 rings (SSSR count). The molecule has 194 valence electrons. The van der Waals surface area contributed by atoms with Crippen molar-refractivity contribution in [3.8, 4) is 6.07 Å². The fourth-order valence-electron chi connectivity index (χ4n) is 3.73. The highest BCUT2D eigenvalue weighted by Crippen LogP contribution is 2.17. The predicted octanol–water partition coefficient (Wildman–Crippen LogP) is 6.83. The number of nitrogens with one attached hydrogen (secondary N) is 1. The summed E-state index contributed by atoms with van der Waals surface area (Å²) in [5.74, 6) is -0.843. The van der Waals surface area contributed by atoms with Crippen LogP contribution in [0.2, 0.25) is 0 Å². The van der Waals surface area contributed by atoms with Crippen LogP contribution in [-0.4, -0.2) is 33.1 Å². The van der Waals surface area contributed by atoms with Gasteiger partial charge in [0.1, 0.15) is 0 Å². The van der Waals surface area contributed by atoms with Crippen LogP contribution in [0.15, 0.2) is 0 Å². The lowest BCUT2D eigenvalue weighted by molar-refractivity contribution is 0.149. The van der Waals surface area contributed by atoms with Crippen molar-refractivity contribution < 1.29 is 22.1 Å². The van der Waals surface area contributed by atoms with Crippen LogP contribution < -0.4 is 5.32 Å². The smallest absolute Gasteiger partial charge is 0.408 e. The van der Waals surface area contributed by atoms with E-state index >= 15 is 0 Å². The van der Waals surface area contributed by atoms with Crippen LogP contribution in [0.5, 0.6) is 0 Å². The molecule has 0 radical (unpaired) electrons. The van der Waals surface area contributed by atoms with E-state index in [1.54, 1.807) is 6.92 Å². The van der Waals surface area contributed by atoms with Gasteiger partial charge in [-0.15, -0.1) is 0 Å². The average Bonchev–Trinajstić information content (AvgIpc) is 2.79. The van der Waals surface area contributed by atoms with Gasteiger partial charge in [-0.1, -0.05) is 104 Å². The first-order valence-electron chi connectivity index (χ1n) is 13.0. The number of carbonyl (C=O) groups excluding carboxylic acids is 1. The monoisotopic (exact) mass is 488 g/mol. The van der Waals surface area contributed by atoms with Crippen LogP contribution in [0, 0.1) is 17.2 Å². The first kappa shape index (κ1) is 31.7. The van der Waals surface area contributed by atoms with E-state index in [0.29, 0.717) is 12.8 Å². The van der Waals surface area contributed by atoms with Gasteiger partial charge in [0.05, 0.1) is 12.7 Å². The number of ether oxygens (including phenoxy) is 1. The summed E-state index contributed by atoms with van der Waals surface area (Å²) in [5, 5.41) is 11.7. The molecule has 0 aromatic heterocycles. The van der Waals surface area contributed by atoms with E-state index in [9.17, 15) is 13.2 Å². The molecule has 2 unspecified atom stereocenters. The minimum atomic E-state index is -3.88. The Kier molecular flexibility index (Phi) is 20.4. The molecule has 0 heterocycles. The lowest BCUT2D eigenvalue weighted by Crippen LogP contribution is -2.40. The third-order valence-electron chi connectivity index (χ3n) is 5.82. The molecule has 0 aliphatic heterocycles. The molecule has 8 heteroatoms. The molecular weight excluding hydrogens is 440 g/mol. The maximum atomic E-state index is 12.1. The highest BCUT2D eigenvalue weighted by atomic mass is 32.2. The van der Waals surface area contributed by atoms with E-state index in [1.807, 2.05) is 6.92 Å². The van der Waals surface area contributed by atoms with Crippen LogP contribution in [0.4, 0.5) is 4.79 Å². The maximum Gasteiger partial charge on any atom is 0.408 e. The van der Waals surface area contributed by atoms with Gasteiger partial charge in [-0.2, -0.15) is 13.7 Å². The summed E-state index contributed by atoms with van der Waals surface area (Å²) in [6.45, 7) is 6.02. The molecule has 0 bridgehead atoms. The van der Waals surface area contributed by atoms with Gasteiger partial charge in [-0.3, -0.25) is 4.18 Å². The Hall–Kier alpha value is -1.33. The number of alkyl carbamates (subject to hydrolysis) is 1. The van der Waals surface area contributed by atoms with E-state index in [-0.39, 0.29) is 18.6 Å². The van der Waals surface area contributed by atoms with Crippen LogP contribution in [-0.2, 0) is 19.0 Å². The molecule has 0 fully saturated rings. The van der Waals surface area contributed by atoms with E-state index in [4.69, 9.17) is 14.2 Å². The normalized spacial score (nSPS) is 13.3. The number of nitrogens with zero attached hydrogens (tertiary/aromatic N) is 1. The van der Waals surface area contributed by atoms with Crippen molar-refractivity contribution >= 4 is 16.2 Å². The lowest BCUT2D eigenvalue weighted by atomic mass is 9.93. The molecule has 0 saturated carbocycles. The van der Waals surface area contributed by atoms with Gasteiger partial charge >= 0.3 is 16.2 Å². The number of unbranched alkanes of at least 4 members (excludes halogenated alkanes) is 12. The van der Waals surface area contributed by atoms with Crippen LogP contribution in [0.3, 0.4) is 0 Å². The minimum absolute atomic E-state index is 0.0344. The zero-order valence-electron chi connectivity index (χ0n) is 21.3. The third kappa shape index (κ3) is 19.8. The predicted molar refractivity (Wildman–Crippen MR) is 133 cm³/mol. The van der Waals surface area contributed by atoms with Crippen LogP contribution in [0.25, 0.3) is 0 Å². The van der Waals surface area contributed by atoms with E-state index in [0.717, 1.165) is 19.3 Å². The Morgan fingerprint density at radius 2 is 1.39 bits per heavy atom. The average molecular weight is 489 g/mol.